The number of esters is 1. The molecule has 1 aliphatic carbocycles. The largest absolute Gasteiger partial charge is 0.466 e. The number of nitrogens with zero attached hydrogens (tertiary/aromatic N) is 1. The Balaban J connectivity index is 1.95. The van der Waals surface area contributed by atoms with Crippen LogP contribution >= 0.6 is 0 Å². The number of unbranched alkanes of at least 4 members (excludes halogenated alkanes) is 3. The third-order valence-corrected chi connectivity index (χ3v) is 6.29. The minimum Gasteiger partial charge on any atom is -0.466 e. The lowest BCUT2D eigenvalue weighted by molar-refractivity contribution is -0.136. The van der Waals surface area contributed by atoms with Crippen molar-refractivity contribution in [2.45, 2.75) is 64.1 Å². The maximum atomic E-state index is 13.4. The lowest BCUT2D eigenvalue weighted by Crippen LogP contribution is -2.52. The number of aliphatic imine (C=N–C) groups is 1. The predicted molar refractivity (Wildman–Crippen MR) is 126 cm³/mol. The van der Waals surface area contributed by atoms with E-state index >= 15 is 0 Å². The van der Waals surface area contributed by atoms with Crippen molar-refractivity contribution in [3.8, 4) is 0 Å². The van der Waals surface area contributed by atoms with Gasteiger partial charge in [-0.1, -0.05) is 80.8 Å². The van der Waals surface area contributed by atoms with Crippen LogP contribution in [0.15, 0.2) is 65.2 Å². The molecule has 1 aliphatic heterocycles. The SMILES string of the molecule is CCCCCCC1=C(C(=O)OC)C2(NC(C)(C)N=C2c2ccccc2)c2ccccc21. The Hall–Kier alpha value is -2.72. The average molecular weight is 417 g/mol. The second-order valence-corrected chi connectivity index (χ2v) is 8.96. The second kappa shape index (κ2) is 8.43. The fourth-order valence-electron chi connectivity index (χ4n) is 5.10. The van der Waals surface area contributed by atoms with Gasteiger partial charge in [0.2, 0.25) is 0 Å². The van der Waals surface area contributed by atoms with Crippen molar-refractivity contribution in [3.05, 3.63) is 76.9 Å². The lowest BCUT2D eigenvalue weighted by atomic mass is 9.79. The quantitative estimate of drug-likeness (QED) is 0.471. The van der Waals surface area contributed by atoms with Crippen molar-refractivity contribution in [1.82, 2.24) is 5.32 Å². The molecule has 0 bridgehead atoms. The smallest absolute Gasteiger partial charge is 0.336 e. The van der Waals surface area contributed by atoms with E-state index in [4.69, 9.17) is 9.73 Å². The van der Waals surface area contributed by atoms with Gasteiger partial charge in [0.25, 0.3) is 0 Å². The second-order valence-electron chi connectivity index (χ2n) is 8.96. The van der Waals surface area contributed by atoms with Gasteiger partial charge in [-0.25, -0.2) is 4.79 Å². The number of hydrogen-bond donors (Lipinski definition) is 1. The molecule has 162 valence electrons. The van der Waals surface area contributed by atoms with Crippen LogP contribution in [0.25, 0.3) is 5.57 Å². The van der Waals surface area contributed by atoms with Crippen LogP contribution in [-0.2, 0) is 15.1 Å². The molecule has 1 spiro atoms. The molecule has 31 heavy (non-hydrogen) atoms. The topological polar surface area (TPSA) is 50.7 Å². The van der Waals surface area contributed by atoms with Gasteiger partial charge >= 0.3 is 5.97 Å². The summed E-state index contributed by atoms with van der Waals surface area (Å²) in [6.45, 7) is 6.33. The summed E-state index contributed by atoms with van der Waals surface area (Å²) in [5, 5.41) is 3.74. The number of nitrogens with one attached hydrogen (secondary N) is 1. The number of benzene rings is 2. The summed E-state index contributed by atoms with van der Waals surface area (Å²) < 4.78 is 5.37. The summed E-state index contributed by atoms with van der Waals surface area (Å²) in [6.07, 6.45) is 5.45. The van der Waals surface area contributed by atoms with Gasteiger partial charge in [-0.2, -0.15) is 0 Å². The van der Waals surface area contributed by atoms with Crippen molar-refractivity contribution < 1.29 is 9.53 Å². The maximum absolute atomic E-state index is 13.4. The minimum absolute atomic E-state index is 0.282. The van der Waals surface area contributed by atoms with Crippen LogP contribution < -0.4 is 5.32 Å². The van der Waals surface area contributed by atoms with Gasteiger partial charge in [0.15, 0.2) is 0 Å². The molecular weight excluding hydrogens is 384 g/mol. The van der Waals surface area contributed by atoms with Crippen LogP contribution in [-0.4, -0.2) is 24.5 Å². The zero-order valence-corrected chi connectivity index (χ0v) is 19.0. The van der Waals surface area contributed by atoms with E-state index in [9.17, 15) is 4.79 Å². The number of carbonyl (C=O) groups is 1. The molecule has 1 atom stereocenters. The summed E-state index contributed by atoms with van der Waals surface area (Å²) in [4.78, 5) is 18.5. The van der Waals surface area contributed by atoms with Gasteiger partial charge in [0, 0.05) is 0 Å². The molecule has 4 nitrogen and oxygen atoms in total. The molecule has 2 aromatic rings. The van der Waals surface area contributed by atoms with E-state index in [1.165, 1.54) is 20.0 Å². The summed E-state index contributed by atoms with van der Waals surface area (Å²) in [5.41, 5.74) is 4.58. The van der Waals surface area contributed by atoms with Crippen molar-refractivity contribution in [2.75, 3.05) is 7.11 Å². The Bertz CT molecular complexity index is 1040. The fourth-order valence-corrected chi connectivity index (χ4v) is 5.10. The average Bonchev–Trinajstić information content (AvgIpc) is 3.22. The number of carbonyl (C=O) groups excluding carboxylic acids is 1. The Morgan fingerprint density at radius 1 is 1.00 bits per heavy atom. The highest BCUT2D eigenvalue weighted by molar-refractivity contribution is 6.21. The fraction of sp³-hybridized carbons (Fsp3) is 0.407. The molecular formula is C27H32N2O2. The maximum Gasteiger partial charge on any atom is 0.336 e. The van der Waals surface area contributed by atoms with E-state index in [0.29, 0.717) is 5.57 Å². The first-order valence-corrected chi connectivity index (χ1v) is 11.3. The van der Waals surface area contributed by atoms with E-state index in [1.807, 2.05) is 24.3 Å². The summed E-state index contributed by atoms with van der Waals surface area (Å²) >= 11 is 0. The minimum atomic E-state index is -0.811. The molecule has 4 rings (SSSR count). The molecule has 2 aromatic carbocycles. The summed E-state index contributed by atoms with van der Waals surface area (Å²) in [5.74, 6) is -0.282. The third-order valence-electron chi connectivity index (χ3n) is 6.29. The molecule has 1 N–H and O–H groups in total. The van der Waals surface area contributed by atoms with E-state index in [0.717, 1.165) is 47.2 Å². The first-order chi connectivity index (χ1) is 14.9. The van der Waals surface area contributed by atoms with Crippen molar-refractivity contribution >= 4 is 17.3 Å². The Labute approximate surface area is 185 Å². The summed E-state index contributed by atoms with van der Waals surface area (Å²) in [6, 6.07) is 18.5. The molecule has 0 fully saturated rings. The highest BCUT2D eigenvalue weighted by Crippen LogP contribution is 2.52. The highest BCUT2D eigenvalue weighted by atomic mass is 16.5. The molecule has 1 unspecified atom stereocenters. The van der Waals surface area contributed by atoms with E-state index in [2.05, 4.69) is 56.4 Å². The molecule has 0 saturated heterocycles. The zero-order valence-electron chi connectivity index (χ0n) is 19.0. The molecule has 0 amide bonds. The predicted octanol–water partition coefficient (Wildman–Crippen LogP) is 5.62. The first-order valence-electron chi connectivity index (χ1n) is 11.3. The Morgan fingerprint density at radius 2 is 1.71 bits per heavy atom. The lowest BCUT2D eigenvalue weighted by Gasteiger charge is -2.33. The zero-order chi connectivity index (χ0) is 22.1. The number of hydrogen-bond acceptors (Lipinski definition) is 4. The normalized spacial score (nSPS) is 21.4. The number of rotatable bonds is 7. The number of allylic oxidation sites excluding steroid dienone is 1. The molecule has 0 radical (unpaired) electrons. The van der Waals surface area contributed by atoms with E-state index < -0.39 is 11.2 Å². The molecule has 0 saturated carbocycles. The highest BCUT2D eigenvalue weighted by Gasteiger charge is 2.57. The van der Waals surface area contributed by atoms with E-state index in [-0.39, 0.29) is 5.97 Å². The van der Waals surface area contributed by atoms with Crippen LogP contribution in [0.2, 0.25) is 0 Å². The molecule has 4 heteroatoms. The Morgan fingerprint density at radius 3 is 2.42 bits per heavy atom. The molecule has 2 aliphatic rings. The van der Waals surface area contributed by atoms with Gasteiger partial charge in [0.05, 0.1) is 18.4 Å². The van der Waals surface area contributed by atoms with Crippen LogP contribution in [0.3, 0.4) is 0 Å². The van der Waals surface area contributed by atoms with Gasteiger partial charge in [-0.15, -0.1) is 0 Å². The first kappa shape index (κ1) is 21.5. The number of fused-ring (bicyclic) bond motifs is 2. The van der Waals surface area contributed by atoms with Gasteiger partial charge < -0.3 is 4.74 Å². The van der Waals surface area contributed by atoms with Gasteiger partial charge in [-0.3, -0.25) is 10.3 Å². The van der Waals surface area contributed by atoms with Crippen molar-refractivity contribution in [3.63, 3.8) is 0 Å². The van der Waals surface area contributed by atoms with Crippen LogP contribution in [0.4, 0.5) is 0 Å². The monoisotopic (exact) mass is 416 g/mol. The van der Waals surface area contributed by atoms with Crippen molar-refractivity contribution in [1.29, 1.82) is 0 Å². The van der Waals surface area contributed by atoms with Crippen molar-refractivity contribution in [2.24, 2.45) is 4.99 Å². The number of ether oxygens (including phenoxy) is 1. The van der Waals surface area contributed by atoms with Crippen LogP contribution in [0.5, 0.6) is 0 Å². The summed E-state index contributed by atoms with van der Waals surface area (Å²) in [7, 11) is 1.47. The van der Waals surface area contributed by atoms with E-state index in [1.54, 1.807) is 0 Å². The molecule has 0 aromatic heterocycles. The standard InChI is InChI=1S/C27H32N2O2/c1-5-6-7-11-17-21-20-16-12-13-18-22(20)27(23(21)25(30)31-4)24(28-26(2,3)29-27)19-14-9-8-10-15-19/h8-10,12-16,18,29H,5-7,11,17H2,1-4H3. The third kappa shape index (κ3) is 3.63. The van der Waals surface area contributed by atoms with Gasteiger partial charge in [0.1, 0.15) is 11.2 Å². The van der Waals surface area contributed by atoms with Crippen LogP contribution in [0, 0.1) is 0 Å². The van der Waals surface area contributed by atoms with Crippen LogP contribution in [0.1, 0.15) is 69.6 Å². The van der Waals surface area contributed by atoms with Gasteiger partial charge in [-0.05, 0) is 49.0 Å². The number of methoxy groups -OCH3 is 1. The molecule has 1 heterocycles. The Kier molecular flexibility index (Phi) is 5.85.